The molecule has 0 aliphatic rings. The van der Waals surface area contributed by atoms with Crippen molar-refractivity contribution in [3.8, 4) is 11.5 Å². The Hall–Kier alpha value is -1.85. The van der Waals surface area contributed by atoms with E-state index in [0.29, 0.717) is 6.61 Å². The highest BCUT2D eigenvalue weighted by atomic mass is 32.1. The fraction of sp³-hybridized carbons (Fsp3) is 0.389. The molecule has 0 radical (unpaired) electrons. The highest BCUT2D eigenvalue weighted by Crippen LogP contribution is 2.28. The summed E-state index contributed by atoms with van der Waals surface area (Å²) < 4.78 is 11.1. The lowest BCUT2D eigenvalue weighted by molar-refractivity contribution is 0.319. The number of hydrogen-bond donors (Lipinski definition) is 1. The van der Waals surface area contributed by atoms with E-state index >= 15 is 0 Å². The van der Waals surface area contributed by atoms with Gasteiger partial charge < -0.3 is 14.8 Å². The van der Waals surface area contributed by atoms with Crippen molar-refractivity contribution in [1.29, 1.82) is 0 Å². The first-order valence-electron chi connectivity index (χ1n) is 7.59. The Morgan fingerprint density at radius 2 is 2.17 bits per heavy atom. The summed E-state index contributed by atoms with van der Waals surface area (Å²) in [6, 6.07) is 6.20. The summed E-state index contributed by atoms with van der Waals surface area (Å²) in [5.41, 5.74) is 3.18. The second-order valence-electron chi connectivity index (χ2n) is 5.66. The van der Waals surface area contributed by atoms with Gasteiger partial charge in [0.15, 0.2) is 11.5 Å². The Labute approximate surface area is 142 Å². The zero-order valence-electron chi connectivity index (χ0n) is 14.2. The molecular formula is C18H24N2O2S. The van der Waals surface area contributed by atoms with Crippen molar-refractivity contribution in [1.82, 2.24) is 10.3 Å². The standard InChI is InChI=1S/C18H24N2O2S/c1-12(2)10-22-17-8-15(6-7-16(17)21-5)9-19-14(4)18-20-13(3)11-23-18/h6-8,11,14,19H,1,9-10H2,2-5H3. The van der Waals surface area contributed by atoms with Gasteiger partial charge in [0.2, 0.25) is 0 Å². The second-order valence-corrected chi connectivity index (χ2v) is 6.55. The van der Waals surface area contributed by atoms with Gasteiger partial charge in [0.25, 0.3) is 0 Å². The van der Waals surface area contributed by atoms with Crippen LogP contribution in [0.1, 0.15) is 36.2 Å². The molecule has 2 rings (SSSR count). The minimum absolute atomic E-state index is 0.218. The van der Waals surface area contributed by atoms with Gasteiger partial charge in [-0.25, -0.2) is 4.98 Å². The Morgan fingerprint density at radius 3 is 2.78 bits per heavy atom. The number of thiazole rings is 1. The maximum atomic E-state index is 5.76. The lowest BCUT2D eigenvalue weighted by Gasteiger charge is -2.14. The van der Waals surface area contributed by atoms with Gasteiger partial charge in [-0.1, -0.05) is 12.6 Å². The van der Waals surface area contributed by atoms with Crippen LogP contribution in [0, 0.1) is 6.92 Å². The highest BCUT2D eigenvalue weighted by Gasteiger charge is 2.10. The summed E-state index contributed by atoms with van der Waals surface area (Å²) in [7, 11) is 1.65. The van der Waals surface area contributed by atoms with Crippen LogP contribution in [0.5, 0.6) is 11.5 Å². The molecule has 1 N–H and O–H groups in total. The molecule has 4 nitrogen and oxygen atoms in total. The number of hydrogen-bond acceptors (Lipinski definition) is 5. The predicted molar refractivity (Wildman–Crippen MR) is 95.4 cm³/mol. The number of aromatic nitrogens is 1. The van der Waals surface area contributed by atoms with E-state index in [2.05, 4.69) is 29.2 Å². The van der Waals surface area contributed by atoms with Crippen LogP contribution in [0.25, 0.3) is 0 Å². The van der Waals surface area contributed by atoms with Crippen molar-refractivity contribution in [2.45, 2.75) is 33.4 Å². The largest absolute Gasteiger partial charge is 0.493 e. The number of nitrogens with zero attached hydrogens (tertiary/aromatic N) is 1. The van der Waals surface area contributed by atoms with Gasteiger partial charge in [-0.15, -0.1) is 11.3 Å². The zero-order chi connectivity index (χ0) is 16.8. The molecule has 0 spiro atoms. The number of ether oxygens (including phenoxy) is 2. The molecule has 23 heavy (non-hydrogen) atoms. The lowest BCUT2D eigenvalue weighted by atomic mass is 10.2. The van der Waals surface area contributed by atoms with Crippen molar-refractivity contribution < 1.29 is 9.47 Å². The van der Waals surface area contributed by atoms with Gasteiger partial charge >= 0.3 is 0 Å². The first-order valence-corrected chi connectivity index (χ1v) is 8.47. The molecule has 0 aliphatic carbocycles. The quantitative estimate of drug-likeness (QED) is 0.733. The third kappa shape index (κ3) is 5.08. The Kier molecular flexibility index (Phi) is 6.19. The topological polar surface area (TPSA) is 43.4 Å². The fourth-order valence-corrected chi connectivity index (χ4v) is 2.90. The van der Waals surface area contributed by atoms with Crippen LogP contribution in [-0.2, 0) is 6.54 Å². The SMILES string of the molecule is C=C(C)COc1cc(CNC(C)c2nc(C)cs2)ccc1OC. The van der Waals surface area contributed by atoms with Gasteiger partial charge in [0.1, 0.15) is 11.6 Å². The van der Waals surface area contributed by atoms with Crippen LogP contribution in [0.15, 0.2) is 35.7 Å². The molecule has 5 heteroatoms. The van der Waals surface area contributed by atoms with Crippen LogP contribution >= 0.6 is 11.3 Å². The van der Waals surface area contributed by atoms with Crippen LogP contribution in [0.3, 0.4) is 0 Å². The van der Waals surface area contributed by atoms with Crippen molar-refractivity contribution >= 4 is 11.3 Å². The third-order valence-corrected chi connectivity index (χ3v) is 4.47. The summed E-state index contributed by atoms with van der Waals surface area (Å²) in [6.45, 7) is 11.2. The van der Waals surface area contributed by atoms with Crippen molar-refractivity contribution in [2.75, 3.05) is 13.7 Å². The highest BCUT2D eigenvalue weighted by molar-refractivity contribution is 7.09. The summed E-state index contributed by atoms with van der Waals surface area (Å²) in [6.07, 6.45) is 0. The van der Waals surface area contributed by atoms with Crippen LogP contribution in [0.4, 0.5) is 0 Å². The second kappa shape index (κ2) is 8.13. The Bertz CT molecular complexity index is 667. The molecule has 1 unspecified atom stereocenters. The number of methoxy groups -OCH3 is 1. The average molecular weight is 332 g/mol. The molecule has 1 aromatic carbocycles. The van der Waals surface area contributed by atoms with E-state index in [9.17, 15) is 0 Å². The molecule has 1 aromatic heterocycles. The van der Waals surface area contributed by atoms with Crippen molar-refractivity contribution in [2.24, 2.45) is 0 Å². The molecule has 0 amide bonds. The summed E-state index contributed by atoms with van der Waals surface area (Å²) in [5, 5.41) is 6.67. The van der Waals surface area contributed by atoms with E-state index in [1.807, 2.05) is 32.0 Å². The number of nitrogens with one attached hydrogen (secondary N) is 1. The molecule has 1 atom stereocenters. The Balaban J connectivity index is 2.01. The van der Waals surface area contributed by atoms with E-state index < -0.39 is 0 Å². The molecule has 0 aliphatic heterocycles. The monoisotopic (exact) mass is 332 g/mol. The molecule has 124 valence electrons. The van der Waals surface area contributed by atoms with E-state index in [4.69, 9.17) is 9.47 Å². The maximum Gasteiger partial charge on any atom is 0.161 e. The predicted octanol–water partition coefficient (Wildman–Crippen LogP) is 4.27. The molecule has 0 saturated carbocycles. The van der Waals surface area contributed by atoms with Gasteiger partial charge in [-0.05, 0) is 44.0 Å². The average Bonchev–Trinajstić information content (AvgIpc) is 2.97. The lowest BCUT2D eigenvalue weighted by Crippen LogP contribution is -2.18. The number of benzene rings is 1. The molecule has 0 fully saturated rings. The van der Waals surface area contributed by atoms with Crippen LogP contribution in [-0.4, -0.2) is 18.7 Å². The molecule has 0 bridgehead atoms. The minimum Gasteiger partial charge on any atom is -0.493 e. The van der Waals surface area contributed by atoms with Gasteiger partial charge in [0.05, 0.1) is 13.2 Å². The summed E-state index contributed by atoms with van der Waals surface area (Å²) in [4.78, 5) is 4.52. The van der Waals surface area contributed by atoms with Gasteiger partial charge in [-0.3, -0.25) is 0 Å². The van der Waals surface area contributed by atoms with Gasteiger partial charge in [-0.2, -0.15) is 0 Å². The first kappa shape index (κ1) is 17.5. The van der Waals surface area contributed by atoms with Crippen LogP contribution < -0.4 is 14.8 Å². The van der Waals surface area contributed by atoms with E-state index in [1.165, 1.54) is 0 Å². The fourth-order valence-electron chi connectivity index (χ4n) is 2.07. The van der Waals surface area contributed by atoms with E-state index in [-0.39, 0.29) is 6.04 Å². The zero-order valence-corrected chi connectivity index (χ0v) is 15.0. The normalized spacial score (nSPS) is 12.0. The van der Waals surface area contributed by atoms with E-state index in [0.717, 1.165) is 39.9 Å². The molecular weight excluding hydrogens is 308 g/mol. The van der Waals surface area contributed by atoms with Crippen LogP contribution in [0.2, 0.25) is 0 Å². The summed E-state index contributed by atoms with van der Waals surface area (Å²) >= 11 is 1.69. The van der Waals surface area contributed by atoms with Crippen molar-refractivity contribution in [3.63, 3.8) is 0 Å². The third-order valence-electron chi connectivity index (χ3n) is 3.32. The first-order chi connectivity index (χ1) is 11.0. The number of rotatable bonds is 8. The maximum absolute atomic E-state index is 5.76. The Morgan fingerprint density at radius 1 is 1.39 bits per heavy atom. The van der Waals surface area contributed by atoms with Crippen molar-refractivity contribution in [3.05, 3.63) is 52.0 Å². The minimum atomic E-state index is 0.218. The van der Waals surface area contributed by atoms with Gasteiger partial charge in [0, 0.05) is 17.6 Å². The molecule has 2 aromatic rings. The molecule has 0 saturated heterocycles. The smallest absolute Gasteiger partial charge is 0.161 e. The molecule has 1 heterocycles. The number of aryl methyl sites for hydroxylation is 1. The van der Waals surface area contributed by atoms with E-state index in [1.54, 1.807) is 18.4 Å². The summed E-state index contributed by atoms with van der Waals surface area (Å²) in [5.74, 6) is 1.48.